The van der Waals surface area contributed by atoms with Crippen LogP contribution < -0.4 is 0 Å². The third-order valence-corrected chi connectivity index (χ3v) is 7.73. The highest BCUT2D eigenvalue weighted by Gasteiger charge is 2.79. The molecule has 0 heterocycles. The van der Waals surface area contributed by atoms with Gasteiger partial charge in [-0.1, -0.05) is 6.92 Å². The van der Waals surface area contributed by atoms with Gasteiger partial charge in [0.05, 0.1) is 5.25 Å². The predicted octanol–water partition coefficient (Wildman–Crippen LogP) is 5.66. The Labute approximate surface area is 180 Å². The Balaban J connectivity index is 3.50. The van der Waals surface area contributed by atoms with Crippen LogP contribution in [-0.2, 0) is 14.3 Å². The molecule has 0 aliphatic heterocycles. The summed E-state index contributed by atoms with van der Waals surface area (Å²) < 4.78 is 188. The van der Waals surface area contributed by atoms with E-state index in [9.17, 15) is 66.2 Å². The van der Waals surface area contributed by atoms with E-state index < -0.39 is 95.2 Å². The molecular weight excluding hydrogens is 516 g/mol. The van der Waals surface area contributed by atoms with Crippen molar-refractivity contribution >= 4 is 10.1 Å². The first kappa shape index (κ1) is 30.1. The van der Waals surface area contributed by atoms with E-state index in [0.29, 0.717) is 0 Å². The summed E-state index contributed by atoms with van der Waals surface area (Å²) in [5.74, 6) is -5.71. The Hall–Kier alpha value is -0.970. The van der Waals surface area contributed by atoms with Crippen molar-refractivity contribution in [3.8, 4) is 0 Å². The second-order valence-electron chi connectivity index (χ2n) is 7.84. The van der Waals surface area contributed by atoms with Gasteiger partial charge >= 0.3 is 24.7 Å². The summed E-state index contributed by atoms with van der Waals surface area (Å²) in [6.07, 6.45) is -32.3. The van der Waals surface area contributed by atoms with Gasteiger partial charge in [-0.3, -0.25) is 0 Å². The lowest BCUT2D eigenvalue weighted by Crippen LogP contribution is -2.66. The maximum absolute atomic E-state index is 13.7. The number of aliphatic hydroxyl groups is 1. The maximum Gasteiger partial charge on any atom is 0.428 e. The monoisotopic (exact) mass is 536 g/mol. The second kappa shape index (κ2) is 8.91. The van der Waals surface area contributed by atoms with E-state index in [-0.39, 0.29) is 0 Å². The molecule has 1 atom stereocenters. The molecule has 0 aromatic carbocycles. The zero-order valence-electron chi connectivity index (χ0n) is 16.9. The number of rotatable bonds is 6. The highest BCUT2D eigenvalue weighted by atomic mass is 32.2. The van der Waals surface area contributed by atoms with Crippen LogP contribution in [0, 0.1) is 11.8 Å². The molecule has 1 aliphatic carbocycles. The SMILES string of the molecule is CCC(C)S(=O)(=O)OC(C1CCC(C(O)(C(F)(F)F)C(F)(F)F)CC1)(C(F)(F)F)C(F)(F)F. The zero-order valence-corrected chi connectivity index (χ0v) is 17.7. The number of halogens is 12. The van der Waals surface area contributed by atoms with Crippen LogP contribution in [0.25, 0.3) is 0 Å². The summed E-state index contributed by atoms with van der Waals surface area (Å²) >= 11 is 0. The molecule has 1 N–H and O–H groups in total. The Bertz CT molecular complexity index is 745. The fraction of sp³-hybridized carbons (Fsp3) is 1.00. The minimum absolute atomic E-state index is 0.453. The molecule has 0 spiro atoms. The predicted molar refractivity (Wildman–Crippen MR) is 87.1 cm³/mol. The summed E-state index contributed by atoms with van der Waals surface area (Å²) in [6, 6.07) is 0. The van der Waals surface area contributed by atoms with Crippen LogP contribution in [0.15, 0.2) is 0 Å². The Kier molecular flexibility index (Phi) is 8.12. The molecule has 0 amide bonds. The van der Waals surface area contributed by atoms with Gasteiger partial charge in [0.2, 0.25) is 0 Å². The van der Waals surface area contributed by atoms with Crippen LogP contribution in [0.3, 0.4) is 0 Å². The van der Waals surface area contributed by atoms with Gasteiger partial charge in [-0.25, -0.2) is 4.18 Å². The normalized spacial score (nSPS) is 23.5. The molecule has 0 bridgehead atoms. The molecule has 1 fully saturated rings. The van der Waals surface area contributed by atoms with Crippen LogP contribution in [0.4, 0.5) is 52.7 Å². The van der Waals surface area contributed by atoms with Crippen molar-refractivity contribution in [3.05, 3.63) is 0 Å². The quantitative estimate of drug-likeness (QED) is 0.352. The fourth-order valence-electron chi connectivity index (χ4n) is 3.80. The van der Waals surface area contributed by atoms with Crippen molar-refractivity contribution in [2.45, 2.75) is 87.1 Å². The summed E-state index contributed by atoms with van der Waals surface area (Å²) in [6.45, 7) is 1.88. The molecule has 0 aromatic heterocycles. The third-order valence-electron chi connectivity index (χ3n) is 5.91. The first-order chi connectivity index (χ1) is 14.4. The van der Waals surface area contributed by atoms with Crippen molar-refractivity contribution in [1.82, 2.24) is 0 Å². The fourth-order valence-corrected chi connectivity index (χ4v) is 5.06. The average molecular weight is 536 g/mol. The Morgan fingerprint density at radius 1 is 0.758 bits per heavy atom. The van der Waals surface area contributed by atoms with Crippen LogP contribution in [0.2, 0.25) is 0 Å². The Morgan fingerprint density at radius 3 is 1.36 bits per heavy atom. The van der Waals surface area contributed by atoms with E-state index in [2.05, 4.69) is 4.18 Å². The van der Waals surface area contributed by atoms with E-state index in [1.54, 1.807) is 0 Å². The molecule has 0 saturated heterocycles. The van der Waals surface area contributed by atoms with Crippen molar-refractivity contribution in [1.29, 1.82) is 0 Å². The molecule has 33 heavy (non-hydrogen) atoms. The lowest BCUT2D eigenvalue weighted by atomic mass is 9.67. The van der Waals surface area contributed by atoms with Crippen molar-refractivity contribution in [2.24, 2.45) is 11.8 Å². The molecule has 17 heteroatoms. The zero-order chi connectivity index (χ0) is 26.5. The maximum atomic E-state index is 13.7. The second-order valence-corrected chi connectivity index (χ2v) is 9.79. The first-order valence-corrected chi connectivity index (χ1v) is 10.8. The summed E-state index contributed by atoms with van der Waals surface area (Å²) in [4.78, 5) is 0. The first-order valence-electron chi connectivity index (χ1n) is 9.33. The summed E-state index contributed by atoms with van der Waals surface area (Å²) in [5, 5.41) is 7.55. The molecule has 4 nitrogen and oxygen atoms in total. The van der Waals surface area contributed by atoms with Crippen LogP contribution in [0.5, 0.6) is 0 Å². The molecule has 1 unspecified atom stereocenters. The van der Waals surface area contributed by atoms with Gasteiger partial charge in [-0.15, -0.1) is 0 Å². The van der Waals surface area contributed by atoms with Gasteiger partial charge < -0.3 is 5.11 Å². The molecule has 0 aromatic rings. The van der Waals surface area contributed by atoms with Crippen LogP contribution in [-0.4, -0.2) is 54.7 Å². The van der Waals surface area contributed by atoms with Crippen molar-refractivity contribution in [3.63, 3.8) is 0 Å². The highest BCUT2D eigenvalue weighted by Crippen LogP contribution is 2.58. The minimum Gasteiger partial charge on any atom is -0.373 e. The summed E-state index contributed by atoms with van der Waals surface area (Å²) in [7, 11) is -5.52. The standard InChI is InChI=1S/C16H20F12O4S/c1-3-8(2)33(30,31)32-12(15(23,24)25,16(26,27)28)10-6-4-9(5-7-10)11(29,13(17,18)19)14(20,21)22/h8-10,29H,3-7H2,1-2H3. The van der Waals surface area contributed by atoms with Crippen LogP contribution in [0.1, 0.15) is 46.0 Å². The van der Waals surface area contributed by atoms with Crippen LogP contribution >= 0.6 is 0 Å². The largest absolute Gasteiger partial charge is 0.428 e. The van der Waals surface area contributed by atoms with Gasteiger partial charge in [0.1, 0.15) is 0 Å². The molecule has 1 rings (SSSR count). The topological polar surface area (TPSA) is 63.6 Å². The lowest BCUT2D eigenvalue weighted by Gasteiger charge is -2.47. The van der Waals surface area contributed by atoms with Gasteiger partial charge in [0.25, 0.3) is 21.3 Å². The third kappa shape index (κ3) is 5.18. The van der Waals surface area contributed by atoms with E-state index in [1.807, 2.05) is 0 Å². The van der Waals surface area contributed by atoms with Gasteiger partial charge in [-0.2, -0.15) is 61.1 Å². The number of hydrogen-bond donors (Lipinski definition) is 1. The number of hydrogen-bond acceptors (Lipinski definition) is 4. The smallest absolute Gasteiger partial charge is 0.373 e. The van der Waals surface area contributed by atoms with E-state index >= 15 is 0 Å². The van der Waals surface area contributed by atoms with Gasteiger partial charge in [-0.05, 0) is 39.0 Å². The van der Waals surface area contributed by atoms with E-state index in [1.165, 1.54) is 0 Å². The molecule has 198 valence electrons. The average Bonchev–Trinajstić information content (AvgIpc) is 2.61. The lowest BCUT2D eigenvalue weighted by molar-refractivity contribution is -0.394. The van der Waals surface area contributed by atoms with Crippen molar-refractivity contribution < 1.29 is 70.4 Å². The Morgan fingerprint density at radius 2 is 1.09 bits per heavy atom. The van der Waals surface area contributed by atoms with E-state index in [4.69, 9.17) is 0 Å². The van der Waals surface area contributed by atoms with Gasteiger partial charge in [0.15, 0.2) is 0 Å². The molecule has 1 saturated carbocycles. The number of alkyl halides is 12. The molecular formula is C16H20F12O4S. The molecule has 0 radical (unpaired) electrons. The van der Waals surface area contributed by atoms with Gasteiger partial charge in [0, 0.05) is 11.8 Å². The molecule has 1 aliphatic rings. The van der Waals surface area contributed by atoms with Crippen molar-refractivity contribution in [2.75, 3.05) is 0 Å². The van der Waals surface area contributed by atoms with E-state index in [0.717, 1.165) is 13.8 Å². The summed E-state index contributed by atoms with van der Waals surface area (Å²) in [5.41, 5.74) is -10.8. The highest BCUT2D eigenvalue weighted by molar-refractivity contribution is 7.87. The minimum atomic E-state index is -6.45.